The summed E-state index contributed by atoms with van der Waals surface area (Å²) in [7, 11) is 0. The van der Waals surface area contributed by atoms with E-state index in [1.807, 2.05) is 35.8 Å². The van der Waals surface area contributed by atoms with Crippen molar-refractivity contribution in [3.8, 4) is 0 Å². The highest BCUT2D eigenvalue weighted by molar-refractivity contribution is 8.01. The molecule has 0 radical (unpaired) electrons. The van der Waals surface area contributed by atoms with Crippen molar-refractivity contribution in [2.24, 2.45) is 0 Å². The zero-order valence-electron chi connectivity index (χ0n) is 11.5. The highest BCUT2D eigenvalue weighted by Crippen LogP contribution is 2.22. The molecular formula is C16H16N2OS2. The van der Waals surface area contributed by atoms with Gasteiger partial charge in [-0.15, -0.1) is 23.1 Å². The number of fused-ring (bicyclic) bond motifs is 1. The quantitative estimate of drug-likeness (QED) is 0.681. The second-order valence-electron chi connectivity index (χ2n) is 4.68. The highest BCUT2D eigenvalue weighted by atomic mass is 32.2. The molecule has 0 atom stereocenters. The fourth-order valence-electron chi connectivity index (χ4n) is 2.21. The van der Waals surface area contributed by atoms with Crippen molar-refractivity contribution >= 4 is 39.9 Å². The minimum Gasteiger partial charge on any atom is -0.361 e. The zero-order chi connectivity index (χ0) is 14.5. The monoisotopic (exact) mass is 316 g/mol. The summed E-state index contributed by atoms with van der Waals surface area (Å²) in [6, 6.07) is 12.3. The van der Waals surface area contributed by atoms with E-state index >= 15 is 0 Å². The van der Waals surface area contributed by atoms with Crippen LogP contribution in [-0.4, -0.2) is 23.2 Å². The Morgan fingerprint density at radius 3 is 3.00 bits per heavy atom. The van der Waals surface area contributed by atoms with Crippen LogP contribution in [0.15, 0.2) is 52.2 Å². The van der Waals surface area contributed by atoms with Gasteiger partial charge < -0.3 is 10.3 Å². The van der Waals surface area contributed by atoms with Crippen LogP contribution in [-0.2, 0) is 11.2 Å². The molecule has 0 saturated carbocycles. The number of hydrogen-bond acceptors (Lipinski definition) is 3. The topological polar surface area (TPSA) is 44.9 Å². The lowest BCUT2D eigenvalue weighted by atomic mass is 10.1. The summed E-state index contributed by atoms with van der Waals surface area (Å²) in [5, 5.41) is 6.24. The smallest absolute Gasteiger partial charge is 0.230 e. The Labute approximate surface area is 131 Å². The van der Waals surface area contributed by atoms with Gasteiger partial charge in [0, 0.05) is 23.6 Å². The van der Waals surface area contributed by atoms with Gasteiger partial charge in [0.25, 0.3) is 0 Å². The van der Waals surface area contributed by atoms with Gasteiger partial charge >= 0.3 is 0 Å². The number of nitrogens with one attached hydrogen (secondary N) is 2. The first-order valence-corrected chi connectivity index (χ1v) is 8.67. The molecule has 108 valence electrons. The molecule has 5 heteroatoms. The maximum atomic E-state index is 11.8. The van der Waals surface area contributed by atoms with E-state index in [0.717, 1.165) is 11.9 Å². The normalized spacial score (nSPS) is 10.9. The van der Waals surface area contributed by atoms with Gasteiger partial charge in [0.1, 0.15) is 0 Å². The first kappa shape index (κ1) is 14.2. The summed E-state index contributed by atoms with van der Waals surface area (Å²) in [6.45, 7) is 0.672. The van der Waals surface area contributed by atoms with E-state index < -0.39 is 0 Å². The van der Waals surface area contributed by atoms with Gasteiger partial charge in [-0.25, -0.2) is 0 Å². The molecule has 2 N–H and O–H groups in total. The summed E-state index contributed by atoms with van der Waals surface area (Å²) in [6.07, 6.45) is 2.87. The lowest BCUT2D eigenvalue weighted by Crippen LogP contribution is -2.27. The van der Waals surface area contributed by atoms with Gasteiger partial charge in [0.05, 0.1) is 9.96 Å². The number of aromatic nitrogens is 1. The predicted molar refractivity (Wildman–Crippen MR) is 90.1 cm³/mol. The summed E-state index contributed by atoms with van der Waals surface area (Å²) in [5.41, 5.74) is 2.39. The number of thioether (sulfide) groups is 1. The first-order chi connectivity index (χ1) is 10.3. The van der Waals surface area contributed by atoms with Crippen LogP contribution in [0.25, 0.3) is 10.9 Å². The largest absolute Gasteiger partial charge is 0.361 e. The zero-order valence-corrected chi connectivity index (χ0v) is 13.1. The number of hydrogen-bond donors (Lipinski definition) is 2. The van der Waals surface area contributed by atoms with Gasteiger partial charge in [-0.05, 0) is 29.5 Å². The third-order valence-electron chi connectivity index (χ3n) is 3.23. The Bertz CT molecular complexity index is 719. The predicted octanol–water partition coefficient (Wildman–Crippen LogP) is 3.68. The molecule has 3 nitrogen and oxygen atoms in total. The number of carbonyl (C=O) groups is 1. The van der Waals surface area contributed by atoms with Gasteiger partial charge in [-0.1, -0.05) is 24.3 Å². The Morgan fingerprint density at radius 1 is 1.24 bits per heavy atom. The number of thiophene rings is 1. The molecule has 0 aliphatic heterocycles. The molecule has 0 unspecified atom stereocenters. The average Bonchev–Trinajstić information content (AvgIpc) is 3.15. The van der Waals surface area contributed by atoms with Crippen molar-refractivity contribution in [1.82, 2.24) is 10.3 Å². The molecule has 0 bridgehead atoms. The van der Waals surface area contributed by atoms with Crippen molar-refractivity contribution in [3.63, 3.8) is 0 Å². The van der Waals surface area contributed by atoms with Crippen molar-refractivity contribution in [1.29, 1.82) is 0 Å². The second kappa shape index (κ2) is 6.83. The first-order valence-electron chi connectivity index (χ1n) is 6.81. The highest BCUT2D eigenvalue weighted by Gasteiger charge is 2.05. The van der Waals surface area contributed by atoms with E-state index in [0.29, 0.717) is 12.3 Å². The van der Waals surface area contributed by atoms with E-state index in [2.05, 4.69) is 22.4 Å². The number of benzene rings is 1. The standard InChI is InChI=1S/C16H16N2OS2/c19-15(11-21-16-6-3-9-20-16)17-8-7-12-10-18-14-5-2-1-4-13(12)14/h1-6,9-10,18H,7-8,11H2,(H,17,19). The molecule has 0 aliphatic rings. The van der Waals surface area contributed by atoms with Crippen LogP contribution >= 0.6 is 23.1 Å². The van der Waals surface area contributed by atoms with Crippen LogP contribution in [0.2, 0.25) is 0 Å². The Kier molecular flexibility index (Phi) is 4.62. The maximum absolute atomic E-state index is 11.8. The molecule has 0 aliphatic carbocycles. The van der Waals surface area contributed by atoms with Crippen LogP contribution in [0.1, 0.15) is 5.56 Å². The minimum atomic E-state index is 0.0910. The number of aromatic amines is 1. The Balaban J connectivity index is 1.46. The number of para-hydroxylation sites is 1. The third kappa shape index (κ3) is 3.68. The van der Waals surface area contributed by atoms with Crippen LogP contribution in [0.5, 0.6) is 0 Å². The number of rotatable bonds is 6. The van der Waals surface area contributed by atoms with Crippen molar-refractivity contribution < 1.29 is 4.79 Å². The molecule has 21 heavy (non-hydrogen) atoms. The van der Waals surface area contributed by atoms with E-state index in [1.54, 1.807) is 23.1 Å². The maximum Gasteiger partial charge on any atom is 0.230 e. The fourth-order valence-corrected chi connectivity index (χ4v) is 3.82. The number of H-pyrrole nitrogens is 1. The Hall–Kier alpha value is -1.72. The van der Waals surface area contributed by atoms with Gasteiger partial charge in [0.2, 0.25) is 5.91 Å². The number of carbonyl (C=O) groups excluding carboxylic acids is 1. The van der Waals surface area contributed by atoms with Crippen molar-refractivity contribution in [3.05, 3.63) is 53.5 Å². The van der Waals surface area contributed by atoms with E-state index in [-0.39, 0.29) is 5.91 Å². The summed E-state index contributed by atoms with van der Waals surface area (Å²) < 4.78 is 1.18. The van der Waals surface area contributed by atoms with Crippen LogP contribution < -0.4 is 5.32 Å². The lowest BCUT2D eigenvalue weighted by Gasteiger charge is -2.04. The molecular weight excluding hydrogens is 300 g/mol. The van der Waals surface area contributed by atoms with Gasteiger partial charge in [-0.3, -0.25) is 4.79 Å². The molecule has 1 aromatic carbocycles. The van der Waals surface area contributed by atoms with Crippen LogP contribution in [0, 0.1) is 0 Å². The molecule has 2 heterocycles. The minimum absolute atomic E-state index is 0.0910. The van der Waals surface area contributed by atoms with Crippen LogP contribution in [0.3, 0.4) is 0 Å². The molecule has 0 fully saturated rings. The summed E-state index contributed by atoms with van der Waals surface area (Å²) in [5.74, 6) is 0.572. The van der Waals surface area contributed by atoms with E-state index in [4.69, 9.17) is 0 Å². The fraction of sp³-hybridized carbons (Fsp3) is 0.188. The summed E-state index contributed by atoms with van der Waals surface area (Å²) in [4.78, 5) is 15.0. The van der Waals surface area contributed by atoms with E-state index in [9.17, 15) is 4.79 Å². The lowest BCUT2D eigenvalue weighted by molar-refractivity contribution is -0.118. The molecule has 3 aromatic rings. The van der Waals surface area contributed by atoms with Crippen molar-refractivity contribution in [2.75, 3.05) is 12.3 Å². The second-order valence-corrected chi connectivity index (χ2v) is 6.90. The third-order valence-corrected chi connectivity index (χ3v) is 5.36. The molecule has 1 amide bonds. The SMILES string of the molecule is O=C(CSc1cccs1)NCCc1c[nH]c2ccccc12. The average molecular weight is 316 g/mol. The molecule has 0 saturated heterocycles. The van der Waals surface area contributed by atoms with Gasteiger partial charge in [-0.2, -0.15) is 0 Å². The Morgan fingerprint density at radius 2 is 2.14 bits per heavy atom. The number of amides is 1. The summed E-state index contributed by atoms with van der Waals surface area (Å²) >= 11 is 3.25. The molecule has 0 spiro atoms. The van der Waals surface area contributed by atoms with Crippen LogP contribution in [0.4, 0.5) is 0 Å². The molecule has 2 aromatic heterocycles. The molecule has 3 rings (SSSR count). The van der Waals surface area contributed by atoms with Gasteiger partial charge in [0.15, 0.2) is 0 Å². The van der Waals surface area contributed by atoms with E-state index in [1.165, 1.54) is 15.2 Å². The van der Waals surface area contributed by atoms with Crippen molar-refractivity contribution in [2.45, 2.75) is 10.6 Å².